The second-order valence-electron chi connectivity index (χ2n) is 3.91. The average Bonchev–Trinajstić information content (AvgIpc) is 2.37. The summed E-state index contributed by atoms with van der Waals surface area (Å²) in [5.41, 5.74) is 0.122. The predicted molar refractivity (Wildman–Crippen MR) is 72.8 cm³/mol. The number of nitrogens with one attached hydrogen (secondary N) is 1. The number of para-hydroxylation sites is 1. The molecule has 1 aromatic carbocycles. The highest BCUT2D eigenvalue weighted by Gasteiger charge is 2.22. The van der Waals surface area contributed by atoms with Crippen molar-refractivity contribution < 1.29 is 9.72 Å². The summed E-state index contributed by atoms with van der Waals surface area (Å²) in [7, 11) is 0. The maximum atomic E-state index is 12.1. The number of carbonyl (C=O) groups excluding carboxylic acids is 1. The Hall–Kier alpha value is -2.54. The maximum Gasteiger partial charge on any atom is 0.285 e. The number of rotatable bonds is 3. The minimum Gasteiger partial charge on any atom is -0.305 e. The first-order valence-electron chi connectivity index (χ1n) is 5.52. The number of hydrogen-bond donors (Lipinski definition) is 1. The average molecular weight is 293 g/mol. The fourth-order valence-electron chi connectivity index (χ4n) is 1.67. The molecule has 1 aromatic heterocycles. The van der Waals surface area contributed by atoms with Crippen molar-refractivity contribution in [1.82, 2.24) is 9.97 Å². The molecule has 0 atom stereocenters. The zero-order chi connectivity index (χ0) is 14.7. The Kier molecular flexibility index (Phi) is 3.90. The third kappa shape index (κ3) is 2.89. The molecule has 2 rings (SSSR count). The number of halogens is 1. The molecule has 0 aliphatic carbocycles. The molecule has 102 valence electrons. The Morgan fingerprint density at radius 1 is 1.40 bits per heavy atom. The van der Waals surface area contributed by atoms with E-state index in [1.807, 2.05) is 0 Å². The standard InChI is InChI=1S/C12H9ClN4O3/c1-7-3-2-4-8(11(7)17(19)20)12(18)16-10-6-14-5-9(13)15-10/h2-6H,1H3,(H,15,16,18). The third-order valence-electron chi connectivity index (χ3n) is 2.51. The third-order valence-corrected chi connectivity index (χ3v) is 2.69. The van der Waals surface area contributed by atoms with Crippen LogP contribution >= 0.6 is 11.6 Å². The van der Waals surface area contributed by atoms with Gasteiger partial charge in [0.25, 0.3) is 11.6 Å². The summed E-state index contributed by atoms with van der Waals surface area (Å²) in [6.45, 7) is 1.56. The van der Waals surface area contributed by atoms with Crippen LogP contribution in [0.15, 0.2) is 30.6 Å². The molecular weight excluding hydrogens is 284 g/mol. The molecule has 0 unspecified atom stereocenters. The molecule has 1 N–H and O–H groups in total. The van der Waals surface area contributed by atoms with Gasteiger partial charge in [0.1, 0.15) is 10.7 Å². The predicted octanol–water partition coefficient (Wildman–Crippen LogP) is 2.60. The molecule has 2 aromatic rings. The van der Waals surface area contributed by atoms with E-state index in [4.69, 9.17) is 11.6 Å². The van der Waals surface area contributed by atoms with Crippen molar-refractivity contribution in [3.63, 3.8) is 0 Å². The molecule has 0 saturated heterocycles. The molecule has 0 radical (unpaired) electrons. The van der Waals surface area contributed by atoms with Crippen LogP contribution in [0.4, 0.5) is 11.5 Å². The van der Waals surface area contributed by atoms with Gasteiger partial charge in [0.2, 0.25) is 0 Å². The fraction of sp³-hybridized carbons (Fsp3) is 0.0833. The van der Waals surface area contributed by atoms with Gasteiger partial charge in [0, 0.05) is 5.56 Å². The Bertz CT molecular complexity index is 690. The van der Waals surface area contributed by atoms with Crippen LogP contribution < -0.4 is 5.32 Å². The van der Waals surface area contributed by atoms with E-state index in [-0.39, 0.29) is 22.2 Å². The normalized spacial score (nSPS) is 10.1. The molecule has 20 heavy (non-hydrogen) atoms. The van der Waals surface area contributed by atoms with Gasteiger partial charge in [-0.1, -0.05) is 23.7 Å². The molecule has 8 heteroatoms. The molecule has 0 saturated carbocycles. The number of nitro groups is 1. The molecular formula is C12H9ClN4O3. The van der Waals surface area contributed by atoms with E-state index in [2.05, 4.69) is 15.3 Å². The first-order valence-corrected chi connectivity index (χ1v) is 5.89. The summed E-state index contributed by atoms with van der Waals surface area (Å²) in [4.78, 5) is 30.1. The lowest BCUT2D eigenvalue weighted by Crippen LogP contribution is -2.15. The molecule has 7 nitrogen and oxygen atoms in total. The monoisotopic (exact) mass is 292 g/mol. The highest BCUT2D eigenvalue weighted by molar-refractivity contribution is 6.29. The summed E-state index contributed by atoms with van der Waals surface area (Å²) in [6.07, 6.45) is 2.61. The number of amides is 1. The molecule has 0 fully saturated rings. The van der Waals surface area contributed by atoms with Gasteiger partial charge in [0.05, 0.1) is 17.3 Å². The van der Waals surface area contributed by atoms with Gasteiger partial charge in [0.15, 0.2) is 5.82 Å². The zero-order valence-corrected chi connectivity index (χ0v) is 11.1. The highest BCUT2D eigenvalue weighted by Crippen LogP contribution is 2.23. The van der Waals surface area contributed by atoms with Crippen molar-refractivity contribution in [1.29, 1.82) is 0 Å². The van der Waals surface area contributed by atoms with E-state index in [9.17, 15) is 14.9 Å². The number of hydrogen-bond acceptors (Lipinski definition) is 5. The number of carbonyl (C=O) groups is 1. The number of nitro benzene ring substituents is 1. The van der Waals surface area contributed by atoms with E-state index in [0.29, 0.717) is 5.56 Å². The van der Waals surface area contributed by atoms with Crippen LogP contribution in [0.5, 0.6) is 0 Å². The summed E-state index contributed by atoms with van der Waals surface area (Å²) in [6, 6.07) is 4.51. The molecule has 0 spiro atoms. The van der Waals surface area contributed by atoms with Gasteiger partial charge >= 0.3 is 0 Å². The lowest BCUT2D eigenvalue weighted by atomic mass is 10.1. The molecule has 1 heterocycles. The number of aryl methyl sites for hydroxylation is 1. The first kappa shape index (κ1) is 13.9. The summed E-state index contributed by atoms with van der Waals surface area (Å²) in [5.74, 6) is -0.518. The number of anilines is 1. The molecule has 0 aliphatic rings. The quantitative estimate of drug-likeness (QED) is 0.692. The number of benzene rings is 1. The van der Waals surface area contributed by atoms with E-state index >= 15 is 0 Å². The van der Waals surface area contributed by atoms with E-state index in [1.54, 1.807) is 19.1 Å². The largest absolute Gasteiger partial charge is 0.305 e. The van der Waals surface area contributed by atoms with Crippen molar-refractivity contribution in [2.45, 2.75) is 6.92 Å². The van der Waals surface area contributed by atoms with E-state index < -0.39 is 10.8 Å². The molecule has 1 amide bonds. The lowest BCUT2D eigenvalue weighted by Gasteiger charge is -2.06. The number of aromatic nitrogens is 2. The van der Waals surface area contributed by atoms with Crippen LogP contribution in [0.1, 0.15) is 15.9 Å². The summed E-state index contributed by atoms with van der Waals surface area (Å²) < 4.78 is 0. The topological polar surface area (TPSA) is 98.0 Å². The van der Waals surface area contributed by atoms with Crippen LogP contribution in [0, 0.1) is 17.0 Å². The van der Waals surface area contributed by atoms with Crippen molar-refractivity contribution >= 4 is 29.0 Å². The van der Waals surface area contributed by atoms with Crippen molar-refractivity contribution in [3.05, 3.63) is 57.0 Å². The van der Waals surface area contributed by atoms with Gasteiger partial charge in [-0.05, 0) is 13.0 Å². The van der Waals surface area contributed by atoms with Crippen molar-refractivity contribution in [3.8, 4) is 0 Å². The van der Waals surface area contributed by atoms with Gasteiger partial charge in [-0.2, -0.15) is 0 Å². The van der Waals surface area contributed by atoms with Gasteiger partial charge in [-0.25, -0.2) is 4.98 Å². The van der Waals surface area contributed by atoms with Crippen LogP contribution in [-0.4, -0.2) is 20.8 Å². The van der Waals surface area contributed by atoms with E-state index in [0.717, 1.165) is 0 Å². The highest BCUT2D eigenvalue weighted by atomic mass is 35.5. The van der Waals surface area contributed by atoms with Crippen LogP contribution in [0.25, 0.3) is 0 Å². The lowest BCUT2D eigenvalue weighted by molar-refractivity contribution is -0.385. The summed E-state index contributed by atoms with van der Waals surface area (Å²) in [5, 5.41) is 13.6. The Morgan fingerprint density at radius 3 is 2.80 bits per heavy atom. The van der Waals surface area contributed by atoms with Crippen LogP contribution in [0.2, 0.25) is 5.15 Å². The van der Waals surface area contributed by atoms with E-state index in [1.165, 1.54) is 18.5 Å². The zero-order valence-electron chi connectivity index (χ0n) is 10.3. The number of nitrogens with zero attached hydrogens (tertiary/aromatic N) is 3. The minimum absolute atomic E-state index is 0.0447. The maximum absolute atomic E-state index is 12.1. The molecule has 0 aliphatic heterocycles. The second-order valence-corrected chi connectivity index (χ2v) is 4.30. The Morgan fingerprint density at radius 2 is 2.15 bits per heavy atom. The smallest absolute Gasteiger partial charge is 0.285 e. The first-order chi connectivity index (χ1) is 9.49. The van der Waals surface area contributed by atoms with Crippen LogP contribution in [-0.2, 0) is 0 Å². The Labute approximate surface area is 118 Å². The SMILES string of the molecule is Cc1cccc(C(=O)Nc2cncc(Cl)n2)c1[N+](=O)[O-]. The fourth-order valence-corrected chi connectivity index (χ4v) is 1.82. The van der Waals surface area contributed by atoms with Crippen molar-refractivity contribution in [2.24, 2.45) is 0 Å². The van der Waals surface area contributed by atoms with Crippen LogP contribution in [0.3, 0.4) is 0 Å². The van der Waals surface area contributed by atoms with Gasteiger partial charge in [-0.3, -0.25) is 19.9 Å². The Balaban J connectivity index is 2.35. The minimum atomic E-state index is -0.642. The van der Waals surface area contributed by atoms with Gasteiger partial charge < -0.3 is 5.32 Å². The van der Waals surface area contributed by atoms with Crippen molar-refractivity contribution in [2.75, 3.05) is 5.32 Å². The summed E-state index contributed by atoms with van der Waals surface area (Å²) >= 11 is 5.65. The molecule has 0 bridgehead atoms. The van der Waals surface area contributed by atoms with Gasteiger partial charge in [-0.15, -0.1) is 0 Å². The second kappa shape index (κ2) is 5.62.